The summed E-state index contributed by atoms with van der Waals surface area (Å²) in [5.74, 6) is 0.633. The van der Waals surface area contributed by atoms with Gasteiger partial charge in [-0.25, -0.2) is 0 Å². The van der Waals surface area contributed by atoms with Crippen molar-refractivity contribution in [3.05, 3.63) is 90.7 Å². The minimum atomic E-state index is 0.633. The Balaban J connectivity index is 0.000000932. The summed E-state index contributed by atoms with van der Waals surface area (Å²) < 4.78 is 9.35. The molecule has 5 aromatic rings. The first-order valence-corrected chi connectivity index (χ1v) is 9.09. The Morgan fingerprint density at radius 2 is 1.29 bits per heavy atom. The third-order valence-corrected chi connectivity index (χ3v) is 4.43. The number of benzene rings is 3. The van der Waals surface area contributed by atoms with Crippen molar-refractivity contribution in [3.8, 4) is 5.75 Å². The Morgan fingerprint density at radius 3 is 2.11 bits per heavy atom. The van der Waals surface area contributed by atoms with Crippen LogP contribution in [0.4, 0.5) is 8.91 Å². The number of fused-ring (bicyclic) bond motifs is 4. The Morgan fingerprint density at radius 1 is 0.679 bits per heavy atom. The van der Waals surface area contributed by atoms with Crippen LogP contribution >= 0.6 is 0 Å². The van der Waals surface area contributed by atoms with E-state index in [-0.39, 0.29) is 0 Å². The van der Waals surface area contributed by atoms with Gasteiger partial charge in [-0.2, -0.15) is 0 Å². The van der Waals surface area contributed by atoms with Crippen LogP contribution in [0.5, 0.6) is 5.75 Å². The first-order chi connectivity index (χ1) is 13.9. The average molecular weight is 462 g/mol. The number of hydrogen-bond donors (Lipinski definition) is 0. The summed E-state index contributed by atoms with van der Waals surface area (Å²) in [5.41, 5.74) is 6.89. The van der Waals surface area contributed by atoms with Crippen molar-refractivity contribution in [1.29, 1.82) is 0 Å². The summed E-state index contributed by atoms with van der Waals surface area (Å²) in [6.45, 7) is 0. The van der Waals surface area contributed by atoms with Crippen molar-refractivity contribution in [2.45, 2.75) is 0 Å². The summed E-state index contributed by atoms with van der Waals surface area (Å²) in [5, 5.41) is 4.16. The Bertz CT molecular complexity index is 1260. The van der Waals surface area contributed by atoms with Gasteiger partial charge in [-0.1, -0.05) is 60.3 Å². The SMILES string of the molecule is [F][Pd+].c1cnc2c(O[N-]c3cccc4ccc5cccnc5c34)cccc2c1. The zero-order chi connectivity index (χ0) is 19.3. The number of halogens is 1. The summed E-state index contributed by atoms with van der Waals surface area (Å²) in [7, 11) is 0. The minimum absolute atomic E-state index is 0.633. The van der Waals surface area contributed by atoms with Crippen LogP contribution in [0.15, 0.2) is 85.2 Å². The van der Waals surface area contributed by atoms with Gasteiger partial charge in [0.1, 0.15) is 11.3 Å². The molecule has 0 radical (unpaired) electrons. The van der Waals surface area contributed by atoms with E-state index >= 15 is 0 Å². The molecule has 0 aliphatic carbocycles. The van der Waals surface area contributed by atoms with Crippen LogP contribution in [0.2, 0.25) is 0 Å². The predicted octanol–water partition coefficient (Wildman–Crippen LogP) is 6.35. The van der Waals surface area contributed by atoms with Crippen molar-refractivity contribution in [2.75, 3.05) is 0 Å². The van der Waals surface area contributed by atoms with E-state index in [0.29, 0.717) is 5.75 Å². The molecule has 0 spiro atoms. The minimum Gasteiger partial charge on any atom is -0.555 e. The van der Waals surface area contributed by atoms with Gasteiger partial charge >= 0.3 is 22.9 Å². The molecule has 3 aromatic carbocycles. The first kappa shape index (κ1) is 18.3. The van der Waals surface area contributed by atoms with E-state index in [1.54, 1.807) is 12.4 Å². The van der Waals surface area contributed by atoms with Crippen LogP contribution in [0.1, 0.15) is 0 Å². The molecule has 2 aromatic heterocycles. The van der Waals surface area contributed by atoms with Gasteiger partial charge in [-0.15, -0.1) is 0 Å². The van der Waals surface area contributed by atoms with Crippen molar-refractivity contribution in [2.24, 2.45) is 0 Å². The fourth-order valence-corrected chi connectivity index (χ4v) is 3.22. The van der Waals surface area contributed by atoms with Gasteiger partial charge in [0.25, 0.3) is 0 Å². The zero-order valence-electron chi connectivity index (χ0n) is 14.5. The zero-order valence-corrected chi connectivity index (χ0v) is 16.1. The van der Waals surface area contributed by atoms with Gasteiger partial charge in [0.05, 0.1) is 5.52 Å². The van der Waals surface area contributed by atoms with Crippen LogP contribution < -0.4 is 4.84 Å². The second-order valence-corrected chi connectivity index (χ2v) is 6.03. The molecule has 5 rings (SSSR count). The van der Waals surface area contributed by atoms with E-state index in [1.165, 1.54) is 19.7 Å². The van der Waals surface area contributed by atoms with Gasteiger partial charge in [0.15, 0.2) is 0 Å². The molecule has 0 fully saturated rings. The molecule has 4 nitrogen and oxygen atoms in total. The molecular formula is C22H14FN3OPd. The van der Waals surface area contributed by atoms with Gasteiger partial charge < -0.3 is 10.3 Å². The quantitative estimate of drug-likeness (QED) is 0.179. The van der Waals surface area contributed by atoms with Crippen molar-refractivity contribution >= 4 is 38.3 Å². The number of pyridine rings is 2. The largest absolute Gasteiger partial charge is 0.555 e. The average Bonchev–Trinajstić information content (AvgIpc) is 2.78. The molecule has 0 aliphatic heterocycles. The molecule has 6 heteroatoms. The monoisotopic (exact) mass is 461 g/mol. The van der Waals surface area contributed by atoms with Gasteiger partial charge in [-0.3, -0.25) is 9.97 Å². The molecule has 140 valence electrons. The van der Waals surface area contributed by atoms with Crippen LogP contribution in [-0.2, 0) is 19.7 Å². The van der Waals surface area contributed by atoms with Crippen molar-refractivity contribution < 1.29 is 27.8 Å². The van der Waals surface area contributed by atoms with Gasteiger partial charge in [-0.05, 0) is 29.0 Å². The summed E-state index contributed by atoms with van der Waals surface area (Å²) in [6.07, 6.45) is 3.55. The second kappa shape index (κ2) is 8.30. The van der Waals surface area contributed by atoms with E-state index in [2.05, 4.69) is 33.6 Å². The molecule has 0 saturated heterocycles. The van der Waals surface area contributed by atoms with E-state index in [4.69, 9.17) is 4.84 Å². The number of hydrogen-bond acceptors (Lipinski definition) is 3. The maximum atomic E-state index is 9.35. The fourth-order valence-electron chi connectivity index (χ4n) is 3.22. The molecule has 0 aliphatic rings. The fraction of sp³-hybridized carbons (Fsp3) is 0. The smallest absolute Gasteiger partial charge is 0.133 e. The molecule has 0 N–H and O–H groups in total. The number of rotatable bonds is 3. The van der Waals surface area contributed by atoms with Gasteiger partial charge in [0, 0.05) is 23.2 Å². The predicted molar refractivity (Wildman–Crippen MR) is 106 cm³/mol. The molecular weight excluding hydrogens is 448 g/mol. The number of para-hydroxylation sites is 1. The van der Waals surface area contributed by atoms with E-state index in [1.807, 2.05) is 54.6 Å². The molecule has 28 heavy (non-hydrogen) atoms. The van der Waals surface area contributed by atoms with Crippen LogP contribution in [0.25, 0.3) is 38.1 Å². The summed E-state index contributed by atoms with van der Waals surface area (Å²) in [6, 6.07) is 23.8. The molecule has 0 amide bonds. The molecule has 0 unspecified atom stereocenters. The second-order valence-electron chi connectivity index (χ2n) is 6.03. The number of aromatic nitrogens is 2. The van der Waals surface area contributed by atoms with E-state index in [0.717, 1.165) is 38.3 Å². The van der Waals surface area contributed by atoms with E-state index < -0.39 is 0 Å². The number of nitrogens with zero attached hydrogens (tertiary/aromatic N) is 3. The third kappa shape index (κ3) is 3.40. The van der Waals surface area contributed by atoms with Crippen LogP contribution in [-0.4, -0.2) is 9.97 Å². The topological polar surface area (TPSA) is 49.1 Å². The van der Waals surface area contributed by atoms with Crippen molar-refractivity contribution in [1.82, 2.24) is 9.97 Å². The Hall–Kier alpha value is -3.07. The summed E-state index contributed by atoms with van der Waals surface area (Å²) >= 11 is 1.25. The Kier molecular flexibility index (Phi) is 5.43. The van der Waals surface area contributed by atoms with E-state index in [9.17, 15) is 3.22 Å². The maximum absolute atomic E-state index is 9.35. The molecule has 2 heterocycles. The molecule has 0 atom stereocenters. The van der Waals surface area contributed by atoms with Crippen molar-refractivity contribution in [3.63, 3.8) is 0 Å². The molecule has 0 bridgehead atoms. The van der Waals surface area contributed by atoms with Crippen LogP contribution in [0.3, 0.4) is 0 Å². The maximum Gasteiger partial charge on any atom is 0.133 e. The normalized spacial score (nSPS) is 10.5. The third-order valence-electron chi connectivity index (χ3n) is 4.43. The standard InChI is InChI=1S/C22H14N3O.FH.Pd/c1-5-15-11-12-17-8-4-14-24-22(17)20(15)18(9-1)25-26-19-10-2-6-16-7-3-13-23-21(16)19;;/h1-14H;1H;/q-1;;+2/p-1. The first-order valence-electron chi connectivity index (χ1n) is 8.50. The van der Waals surface area contributed by atoms with Crippen LogP contribution in [0, 0.1) is 0 Å². The molecule has 0 saturated carbocycles. The Labute approximate surface area is 172 Å². The summed E-state index contributed by atoms with van der Waals surface area (Å²) in [4.78, 5) is 14.8. The van der Waals surface area contributed by atoms with Gasteiger partial charge in [0.2, 0.25) is 0 Å².